The fraction of sp³-hybridized carbons (Fsp3) is 0.692. The third-order valence-electron chi connectivity index (χ3n) is 4.10. The highest BCUT2D eigenvalue weighted by Gasteiger charge is 2.31. The molecule has 2 atom stereocenters. The quantitative estimate of drug-likeness (QED) is 0.801. The minimum atomic E-state index is 0.544. The molecular formula is C13H21N3O. The summed E-state index contributed by atoms with van der Waals surface area (Å²) in [6.07, 6.45) is 4.37. The largest absolute Gasteiger partial charge is 0.379 e. The molecule has 1 aromatic rings. The highest BCUT2D eigenvalue weighted by atomic mass is 16.5. The number of aromatic amines is 1. The van der Waals surface area contributed by atoms with Gasteiger partial charge in [0, 0.05) is 31.0 Å². The normalized spacial score (nSPS) is 30.2. The molecule has 1 saturated heterocycles. The second-order valence-corrected chi connectivity index (χ2v) is 5.12. The molecule has 0 spiro atoms. The number of nitrogens with two attached hydrogens (primary N) is 1. The maximum atomic E-state index is 5.86. The number of rotatable bonds is 2. The zero-order valence-electron chi connectivity index (χ0n) is 10.2. The van der Waals surface area contributed by atoms with E-state index in [1.807, 2.05) is 0 Å². The molecule has 4 heteroatoms. The Morgan fingerprint density at radius 3 is 3.00 bits per heavy atom. The Morgan fingerprint density at radius 2 is 2.24 bits per heavy atom. The lowest BCUT2D eigenvalue weighted by atomic mass is 9.83. The van der Waals surface area contributed by atoms with Gasteiger partial charge >= 0.3 is 0 Å². The number of hydrogen-bond donors (Lipinski definition) is 2. The van der Waals surface area contributed by atoms with Crippen molar-refractivity contribution in [1.29, 1.82) is 0 Å². The molecule has 2 heterocycles. The Hall–Kier alpha value is -0.840. The first-order valence-corrected chi connectivity index (χ1v) is 6.56. The predicted octanol–water partition coefficient (Wildman–Crippen LogP) is 0.909. The molecule has 0 radical (unpaired) electrons. The number of aromatic nitrogens is 1. The average molecular weight is 235 g/mol. The van der Waals surface area contributed by atoms with Gasteiger partial charge in [-0.3, -0.25) is 4.90 Å². The van der Waals surface area contributed by atoms with Gasteiger partial charge in [-0.2, -0.15) is 0 Å². The van der Waals surface area contributed by atoms with Crippen molar-refractivity contribution in [2.75, 3.05) is 32.8 Å². The second kappa shape index (κ2) is 4.80. The van der Waals surface area contributed by atoms with Gasteiger partial charge in [0.25, 0.3) is 0 Å². The Morgan fingerprint density at radius 1 is 1.41 bits per heavy atom. The fourth-order valence-corrected chi connectivity index (χ4v) is 3.13. The van der Waals surface area contributed by atoms with Gasteiger partial charge in [-0.05, 0) is 36.9 Å². The number of nitrogens with one attached hydrogen (secondary N) is 1. The highest BCUT2D eigenvalue weighted by molar-refractivity contribution is 5.28. The Bertz CT molecular complexity index is 370. The lowest BCUT2D eigenvalue weighted by molar-refractivity contribution is 0.00872. The van der Waals surface area contributed by atoms with Crippen molar-refractivity contribution in [3.63, 3.8) is 0 Å². The van der Waals surface area contributed by atoms with Crippen LogP contribution in [-0.4, -0.2) is 42.7 Å². The number of morpholine rings is 1. The van der Waals surface area contributed by atoms with E-state index in [1.54, 1.807) is 0 Å². The predicted molar refractivity (Wildman–Crippen MR) is 66.8 cm³/mol. The van der Waals surface area contributed by atoms with Crippen LogP contribution in [0.2, 0.25) is 0 Å². The number of fused-ring (bicyclic) bond motifs is 1. The van der Waals surface area contributed by atoms with Crippen LogP contribution in [0.25, 0.3) is 0 Å². The Labute approximate surface area is 102 Å². The number of H-pyrrole nitrogens is 1. The molecule has 0 amide bonds. The topological polar surface area (TPSA) is 54.3 Å². The van der Waals surface area contributed by atoms with Crippen molar-refractivity contribution >= 4 is 0 Å². The van der Waals surface area contributed by atoms with Crippen molar-refractivity contribution in [3.8, 4) is 0 Å². The fourth-order valence-electron chi connectivity index (χ4n) is 3.13. The molecule has 4 nitrogen and oxygen atoms in total. The van der Waals surface area contributed by atoms with Crippen molar-refractivity contribution < 1.29 is 4.74 Å². The molecule has 1 fully saturated rings. The molecule has 94 valence electrons. The van der Waals surface area contributed by atoms with E-state index in [0.29, 0.717) is 12.0 Å². The van der Waals surface area contributed by atoms with E-state index in [-0.39, 0.29) is 0 Å². The van der Waals surface area contributed by atoms with E-state index in [1.165, 1.54) is 17.7 Å². The SMILES string of the molecule is NCC1Cc2[nH]ccc2C(N2CCOCC2)C1. The van der Waals surface area contributed by atoms with Gasteiger partial charge in [-0.25, -0.2) is 0 Å². The third-order valence-corrected chi connectivity index (χ3v) is 4.10. The third kappa shape index (κ3) is 2.12. The van der Waals surface area contributed by atoms with Crippen LogP contribution in [0.1, 0.15) is 23.7 Å². The number of ether oxygens (including phenoxy) is 1. The molecule has 1 aliphatic heterocycles. The molecule has 3 N–H and O–H groups in total. The lowest BCUT2D eigenvalue weighted by Gasteiger charge is -2.39. The Kier molecular flexibility index (Phi) is 3.18. The van der Waals surface area contributed by atoms with Crippen LogP contribution < -0.4 is 5.73 Å². The molecule has 0 bridgehead atoms. The van der Waals surface area contributed by atoms with Gasteiger partial charge in [0.15, 0.2) is 0 Å². The van der Waals surface area contributed by atoms with E-state index in [2.05, 4.69) is 22.1 Å². The van der Waals surface area contributed by atoms with Crippen LogP contribution in [0.15, 0.2) is 12.3 Å². The van der Waals surface area contributed by atoms with Crippen LogP contribution in [0.3, 0.4) is 0 Å². The lowest BCUT2D eigenvalue weighted by Crippen LogP contribution is -2.42. The van der Waals surface area contributed by atoms with Gasteiger partial charge in [-0.1, -0.05) is 0 Å². The van der Waals surface area contributed by atoms with Crippen LogP contribution in [0, 0.1) is 5.92 Å². The number of hydrogen-bond acceptors (Lipinski definition) is 3. The molecule has 0 saturated carbocycles. The van der Waals surface area contributed by atoms with Gasteiger partial charge in [-0.15, -0.1) is 0 Å². The monoisotopic (exact) mass is 235 g/mol. The molecule has 17 heavy (non-hydrogen) atoms. The van der Waals surface area contributed by atoms with Crippen LogP contribution in [0.4, 0.5) is 0 Å². The van der Waals surface area contributed by atoms with Gasteiger partial charge in [0.2, 0.25) is 0 Å². The van der Waals surface area contributed by atoms with Crippen LogP contribution in [-0.2, 0) is 11.2 Å². The molecule has 1 aliphatic carbocycles. The Balaban J connectivity index is 1.83. The van der Waals surface area contributed by atoms with E-state index >= 15 is 0 Å². The summed E-state index contributed by atoms with van der Waals surface area (Å²) in [5.41, 5.74) is 8.74. The van der Waals surface area contributed by atoms with E-state index in [9.17, 15) is 0 Å². The minimum Gasteiger partial charge on any atom is -0.379 e. The molecular weight excluding hydrogens is 214 g/mol. The summed E-state index contributed by atoms with van der Waals surface area (Å²) in [4.78, 5) is 5.93. The summed E-state index contributed by atoms with van der Waals surface area (Å²) in [5.74, 6) is 0.619. The zero-order valence-corrected chi connectivity index (χ0v) is 10.2. The standard InChI is InChI=1S/C13H21N3O/c14-9-10-7-12-11(1-2-15-12)13(8-10)16-3-5-17-6-4-16/h1-2,10,13,15H,3-9,14H2. The van der Waals surface area contributed by atoms with Gasteiger partial charge < -0.3 is 15.5 Å². The summed E-state index contributed by atoms with van der Waals surface area (Å²) in [6.45, 7) is 4.62. The van der Waals surface area contributed by atoms with Crippen LogP contribution >= 0.6 is 0 Å². The molecule has 2 aliphatic rings. The molecule has 3 rings (SSSR count). The molecule has 2 unspecified atom stereocenters. The summed E-state index contributed by atoms with van der Waals surface area (Å²) in [6, 6.07) is 2.78. The summed E-state index contributed by atoms with van der Waals surface area (Å²) < 4.78 is 5.44. The van der Waals surface area contributed by atoms with E-state index in [0.717, 1.165) is 39.3 Å². The first-order valence-electron chi connectivity index (χ1n) is 6.56. The average Bonchev–Trinajstić information content (AvgIpc) is 2.86. The van der Waals surface area contributed by atoms with E-state index in [4.69, 9.17) is 10.5 Å². The first kappa shape index (κ1) is 11.3. The number of nitrogens with zero attached hydrogens (tertiary/aromatic N) is 1. The van der Waals surface area contributed by atoms with Crippen molar-refractivity contribution in [2.24, 2.45) is 11.7 Å². The molecule has 1 aromatic heterocycles. The smallest absolute Gasteiger partial charge is 0.0594 e. The zero-order chi connectivity index (χ0) is 11.7. The van der Waals surface area contributed by atoms with Crippen molar-refractivity contribution in [3.05, 3.63) is 23.5 Å². The maximum absolute atomic E-state index is 5.86. The summed E-state index contributed by atoms with van der Waals surface area (Å²) >= 11 is 0. The highest BCUT2D eigenvalue weighted by Crippen LogP contribution is 2.36. The minimum absolute atomic E-state index is 0.544. The van der Waals surface area contributed by atoms with Crippen molar-refractivity contribution in [2.45, 2.75) is 18.9 Å². The van der Waals surface area contributed by atoms with Gasteiger partial charge in [0.05, 0.1) is 13.2 Å². The van der Waals surface area contributed by atoms with Gasteiger partial charge in [0.1, 0.15) is 0 Å². The maximum Gasteiger partial charge on any atom is 0.0594 e. The van der Waals surface area contributed by atoms with Crippen molar-refractivity contribution in [1.82, 2.24) is 9.88 Å². The molecule has 0 aromatic carbocycles. The summed E-state index contributed by atoms with van der Waals surface area (Å²) in [5, 5.41) is 0. The summed E-state index contributed by atoms with van der Waals surface area (Å²) in [7, 11) is 0. The van der Waals surface area contributed by atoms with E-state index < -0.39 is 0 Å². The van der Waals surface area contributed by atoms with Crippen LogP contribution in [0.5, 0.6) is 0 Å². The first-order chi connectivity index (χ1) is 8.38. The second-order valence-electron chi connectivity index (χ2n) is 5.12.